The highest BCUT2D eigenvalue weighted by Crippen LogP contribution is 2.31. The van der Waals surface area contributed by atoms with Crippen molar-refractivity contribution in [3.63, 3.8) is 0 Å². The van der Waals surface area contributed by atoms with Crippen molar-refractivity contribution in [3.8, 4) is 0 Å². The van der Waals surface area contributed by atoms with Crippen LogP contribution in [-0.4, -0.2) is 37.6 Å². The Balaban J connectivity index is 1.76. The quantitative estimate of drug-likeness (QED) is 0.792. The average molecular weight is 224 g/mol. The van der Waals surface area contributed by atoms with Crippen LogP contribution in [0.25, 0.3) is 0 Å². The van der Waals surface area contributed by atoms with Gasteiger partial charge in [-0.25, -0.2) is 0 Å². The molecule has 1 saturated heterocycles. The summed E-state index contributed by atoms with van der Waals surface area (Å²) in [6, 6.07) is 0.802. The maximum atomic E-state index is 3.84. The fraction of sp³-hybridized carbons (Fsp3) is 1.00. The number of nitrogens with zero attached hydrogens (tertiary/aromatic N) is 1. The predicted octanol–water partition coefficient (Wildman–Crippen LogP) is 2.50. The van der Waals surface area contributed by atoms with Gasteiger partial charge in [-0.3, -0.25) is 0 Å². The summed E-state index contributed by atoms with van der Waals surface area (Å²) in [5.41, 5.74) is 0.550. The van der Waals surface area contributed by atoms with E-state index < -0.39 is 0 Å². The van der Waals surface area contributed by atoms with E-state index in [1.54, 1.807) is 0 Å². The van der Waals surface area contributed by atoms with Gasteiger partial charge in [-0.1, -0.05) is 20.3 Å². The van der Waals surface area contributed by atoms with Gasteiger partial charge in [0.15, 0.2) is 0 Å². The molecule has 2 aliphatic rings. The predicted molar refractivity (Wildman–Crippen MR) is 69.6 cm³/mol. The van der Waals surface area contributed by atoms with Gasteiger partial charge < -0.3 is 10.2 Å². The summed E-state index contributed by atoms with van der Waals surface area (Å²) in [6.45, 7) is 8.65. The Morgan fingerprint density at radius 3 is 2.50 bits per heavy atom. The molecule has 1 heterocycles. The first-order chi connectivity index (χ1) is 7.59. The van der Waals surface area contributed by atoms with Crippen molar-refractivity contribution >= 4 is 0 Å². The van der Waals surface area contributed by atoms with Crippen LogP contribution in [0.1, 0.15) is 46.0 Å². The first-order valence-electron chi connectivity index (χ1n) is 7.01. The fourth-order valence-electron chi connectivity index (χ4n) is 3.16. The first-order valence-corrected chi connectivity index (χ1v) is 7.01. The van der Waals surface area contributed by atoms with Crippen LogP contribution in [0.2, 0.25) is 0 Å². The van der Waals surface area contributed by atoms with Crippen LogP contribution in [0.3, 0.4) is 0 Å². The van der Waals surface area contributed by atoms with Crippen molar-refractivity contribution in [2.24, 2.45) is 11.3 Å². The molecule has 0 aromatic carbocycles. The van der Waals surface area contributed by atoms with Gasteiger partial charge in [0.1, 0.15) is 0 Å². The van der Waals surface area contributed by atoms with Crippen LogP contribution in [0.4, 0.5) is 0 Å². The Morgan fingerprint density at radius 1 is 1.25 bits per heavy atom. The molecule has 94 valence electrons. The lowest BCUT2D eigenvalue weighted by Crippen LogP contribution is -2.45. The number of nitrogens with one attached hydrogen (secondary N) is 1. The summed E-state index contributed by atoms with van der Waals surface area (Å²) in [5, 5.41) is 3.84. The third kappa shape index (κ3) is 2.98. The summed E-state index contributed by atoms with van der Waals surface area (Å²) in [6.07, 6.45) is 6.97. The third-order valence-electron chi connectivity index (χ3n) is 4.85. The highest BCUT2D eigenvalue weighted by atomic mass is 15.1. The topological polar surface area (TPSA) is 15.3 Å². The van der Waals surface area contributed by atoms with Crippen LogP contribution < -0.4 is 5.32 Å². The van der Waals surface area contributed by atoms with E-state index in [9.17, 15) is 0 Å². The van der Waals surface area contributed by atoms with Gasteiger partial charge in [0.05, 0.1) is 0 Å². The van der Waals surface area contributed by atoms with Gasteiger partial charge in [-0.15, -0.1) is 0 Å². The summed E-state index contributed by atoms with van der Waals surface area (Å²) >= 11 is 0. The molecular weight excluding hydrogens is 196 g/mol. The monoisotopic (exact) mass is 224 g/mol. The molecule has 1 aliphatic heterocycles. The zero-order valence-corrected chi connectivity index (χ0v) is 11.3. The van der Waals surface area contributed by atoms with Gasteiger partial charge in [-0.05, 0) is 57.2 Å². The first kappa shape index (κ1) is 12.4. The van der Waals surface area contributed by atoms with Crippen molar-refractivity contribution < 1.29 is 0 Å². The Bertz CT molecular complexity index is 219. The van der Waals surface area contributed by atoms with E-state index in [0.29, 0.717) is 5.41 Å². The average Bonchev–Trinajstić information content (AvgIpc) is 2.67. The summed E-state index contributed by atoms with van der Waals surface area (Å²) in [5.74, 6) is 0.898. The zero-order chi connectivity index (χ0) is 11.6. The van der Waals surface area contributed by atoms with Crippen LogP contribution in [0.5, 0.6) is 0 Å². The van der Waals surface area contributed by atoms with Crippen LogP contribution in [0, 0.1) is 11.3 Å². The normalized spacial score (nSPS) is 35.4. The molecule has 16 heavy (non-hydrogen) atoms. The third-order valence-corrected chi connectivity index (χ3v) is 4.85. The molecule has 0 amide bonds. The van der Waals surface area contributed by atoms with E-state index in [1.165, 1.54) is 51.7 Å². The number of piperidine rings is 1. The minimum Gasteiger partial charge on any atom is -0.313 e. The molecule has 2 rings (SSSR count). The minimum atomic E-state index is 0.550. The smallest absolute Gasteiger partial charge is 0.00929 e. The van der Waals surface area contributed by atoms with Crippen molar-refractivity contribution in [2.45, 2.75) is 52.0 Å². The molecule has 2 nitrogen and oxygen atoms in total. The van der Waals surface area contributed by atoms with E-state index in [0.717, 1.165) is 12.0 Å². The Kier molecular flexibility index (Phi) is 3.91. The van der Waals surface area contributed by atoms with Crippen molar-refractivity contribution in [2.75, 3.05) is 26.7 Å². The van der Waals surface area contributed by atoms with Gasteiger partial charge in [0.25, 0.3) is 0 Å². The Morgan fingerprint density at radius 2 is 1.94 bits per heavy atom. The molecule has 0 radical (unpaired) electrons. The zero-order valence-electron chi connectivity index (χ0n) is 11.3. The molecule has 1 saturated carbocycles. The van der Waals surface area contributed by atoms with E-state index in [1.807, 2.05) is 0 Å². The van der Waals surface area contributed by atoms with Gasteiger partial charge >= 0.3 is 0 Å². The summed E-state index contributed by atoms with van der Waals surface area (Å²) in [4.78, 5) is 2.46. The Labute approximate surface area is 101 Å². The molecule has 1 N–H and O–H groups in total. The molecule has 0 bridgehead atoms. The molecular formula is C14H28N2. The SMILES string of the molecule is CC1CCCC1NCC1(C)CCN(C)CC1. The van der Waals surface area contributed by atoms with Crippen LogP contribution >= 0.6 is 0 Å². The molecule has 2 atom stereocenters. The molecule has 2 fully saturated rings. The number of hydrogen-bond donors (Lipinski definition) is 1. The minimum absolute atomic E-state index is 0.550. The number of hydrogen-bond acceptors (Lipinski definition) is 2. The summed E-state index contributed by atoms with van der Waals surface area (Å²) < 4.78 is 0. The molecule has 0 spiro atoms. The van der Waals surface area contributed by atoms with E-state index in [2.05, 4.69) is 31.1 Å². The molecule has 0 aromatic heterocycles. The van der Waals surface area contributed by atoms with Crippen LogP contribution in [0.15, 0.2) is 0 Å². The lowest BCUT2D eigenvalue weighted by atomic mass is 9.80. The standard InChI is InChI=1S/C14H28N2/c1-12-5-4-6-13(12)15-11-14(2)7-9-16(3)10-8-14/h12-13,15H,4-11H2,1-3H3. The van der Waals surface area contributed by atoms with E-state index in [4.69, 9.17) is 0 Å². The largest absolute Gasteiger partial charge is 0.313 e. The lowest BCUT2D eigenvalue weighted by molar-refractivity contribution is 0.131. The van der Waals surface area contributed by atoms with Gasteiger partial charge in [0.2, 0.25) is 0 Å². The second-order valence-corrected chi connectivity index (χ2v) is 6.51. The number of rotatable bonds is 3. The second-order valence-electron chi connectivity index (χ2n) is 6.51. The molecule has 1 aliphatic carbocycles. The molecule has 2 heteroatoms. The summed E-state index contributed by atoms with van der Waals surface area (Å²) in [7, 11) is 2.24. The fourth-order valence-corrected chi connectivity index (χ4v) is 3.16. The van der Waals surface area contributed by atoms with Crippen molar-refractivity contribution in [3.05, 3.63) is 0 Å². The lowest BCUT2D eigenvalue weighted by Gasteiger charge is -2.39. The second kappa shape index (κ2) is 5.05. The van der Waals surface area contributed by atoms with E-state index in [-0.39, 0.29) is 0 Å². The van der Waals surface area contributed by atoms with Gasteiger partial charge in [0, 0.05) is 12.6 Å². The number of likely N-dealkylation sites (tertiary alicyclic amines) is 1. The van der Waals surface area contributed by atoms with E-state index >= 15 is 0 Å². The van der Waals surface area contributed by atoms with Gasteiger partial charge in [-0.2, -0.15) is 0 Å². The highest BCUT2D eigenvalue weighted by molar-refractivity contribution is 4.87. The van der Waals surface area contributed by atoms with Crippen LogP contribution in [-0.2, 0) is 0 Å². The van der Waals surface area contributed by atoms with Crippen molar-refractivity contribution in [1.82, 2.24) is 10.2 Å². The molecule has 0 aromatic rings. The maximum absolute atomic E-state index is 3.84. The molecule has 2 unspecified atom stereocenters. The van der Waals surface area contributed by atoms with Crippen molar-refractivity contribution in [1.29, 1.82) is 0 Å². The maximum Gasteiger partial charge on any atom is 0.00929 e. The highest BCUT2D eigenvalue weighted by Gasteiger charge is 2.31. The Hall–Kier alpha value is -0.0800.